The molecule has 0 amide bonds. The molecule has 0 bridgehead atoms. The molecule has 0 saturated heterocycles. The zero-order valence-electron chi connectivity index (χ0n) is 14.9. The Bertz CT molecular complexity index is 949. The van der Waals surface area contributed by atoms with Crippen LogP contribution in [0.4, 0.5) is 0 Å². The maximum Gasteiger partial charge on any atom is 0.339 e. The van der Waals surface area contributed by atoms with Crippen molar-refractivity contribution in [3.63, 3.8) is 0 Å². The molecule has 0 atom stereocenters. The summed E-state index contributed by atoms with van der Waals surface area (Å²) in [6.45, 7) is 0.154. The minimum Gasteiger partial charge on any atom is -0.497 e. The quantitative estimate of drug-likeness (QED) is 0.316. The molecule has 3 aromatic carbocycles. The lowest BCUT2D eigenvalue weighted by Gasteiger charge is -2.10. The van der Waals surface area contributed by atoms with Crippen LogP contribution in [0, 0.1) is 0 Å². The van der Waals surface area contributed by atoms with E-state index in [9.17, 15) is 4.79 Å². The first-order chi connectivity index (χ1) is 13.2. The summed E-state index contributed by atoms with van der Waals surface area (Å²) in [6.07, 6.45) is 1.80. The van der Waals surface area contributed by atoms with Crippen molar-refractivity contribution >= 4 is 29.2 Å². The lowest BCUT2D eigenvalue weighted by atomic mass is 10.0. The summed E-state index contributed by atoms with van der Waals surface area (Å²) in [7, 11) is 1.61. The Labute approximate surface area is 163 Å². The third kappa shape index (κ3) is 5.22. The van der Waals surface area contributed by atoms with Gasteiger partial charge >= 0.3 is 5.97 Å². The smallest absolute Gasteiger partial charge is 0.339 e. The van der Waals surface area contributed by atoms with Gasteiger partial charge in [-0.25, -0.2) is 4.79 Å². The summed E-state index contributed by atoms with van der Waals surface area (Å²) >= 11 is 5.99. The second kappa shape index (κ2) is 9.06. The number of ether oxygens (including phenoxy) is 2. The molecule has 27 heavy (non-hydrogen) atoms. The molecule has 3 aromatic rings. The third-order valence-electron chi connectivity index (χ3n) is 3.97. The number of methoxy groups -OCH3 is 1. The number of halogens is 1. The fraction of sp³-hybridized carbons (Fsp3) is 0.0870. The fourth-order valence-corrected chi connectivity index (χ4v) is 2.84. The number of rotatable bonds is 6. The van der Waals surface area contributed by atoms with Gasteiger partial charge < -0.3 is 9.47 Å². The highest BCUT2D eigenvalue weighted by molar-refractivity contribution is 6.30. The van der Waals surface area contributed by atoms with Crippen LogP contribution in [0.2, 0.25) is 5.02 Å². The van der Waals surface area contributed by atoms with Crippen molar-refractivity contribution in [1.82, 2.24) is 0 Å². The molecule has 0 unspecified atom stereocenters. The van der Waals surface area contributed by atoms with Crippen LogP contribution < -0.4 is 4.74 Å². The summed E-state index contributed by atoms with van der Waals surface area (Å²) in [4.78, 5) is 12.8. The van der Waals surface area contributed by atoms with Gasteiger partial charge in [0.1, 0.15) is 12.4 Å². The Balaban J connectivity index is 1.87. The average Bonchev–Trinajstić information content (AvgIpc) is 2.71. The molecule has 0 aliphatic heterocycles. The van der Waals surface area contributed by atoms with E-state index in [1.165, 1.54) is 0 Å². The standard InChI is InChI=1S/C23H19ClO3/c1-26-21-12-6-7-17(14-21)15-22(19-9-3-2-4-10-19)23(25)27-16-18-8-5-11-20(24)13-18/h2-15H,16H2,1H3/b22-15+. The summed E-state index contributed by atoms with van der Waals surface area (Å²) in [5.74, 6) is 0.326. The van der Waals surface area contributed by atoms with Crippen molar-refractivity contribution in [2.24, 2.45) is 0 Å². The number of hydrogen-bond donors (Lipinski definition) is 0. The molecule has 0 aromatic heterocycles. The minimum atomic E-state index is -0.399. The Hall–Kier alpha value is -3.04. The van der Waals surface area contributed by atoms with Gasteiger partial charge in [-0.2, -0.15) is 0 Å². The SMILES string of the molecule is COc1cccc(/C=C(/C(=O)OCc2cccc(Cl)c2)c2ccccc2)c1. The van der Waals surface area contributed by atoms with Gasteiger partial charge in [-0.15, -0.1) is 0 Å². The minimum absolute atomic E-state index is 0.154. The predicted octanol–water partition coefficient (Wildman–Crippen LogP) is 5.63. The molecule has 0 saturated carbocycles. The number of benzene rings is 3. The molecule has 0 radical (unpaired) electrons. The Kier molecular flexibility index (Phi) is 6.29. The Morgan fingerprint density at radius 1 is 0.963 bits per heavy atom. The van der Waals surface area contributed by atoms with Crippen LogP contribution in [0.5, 0.6) is 5.75 Å². The lowest BCUT2D eigenvalue weighted by molar-refractivity contribution is -0.137. The third-order valence-corrected chi connectivity index (χ3v) is 4.20. The highest BCUT2D eigenvalue weighted by Crippen LogP contribution is 2.23. The molecule has 3 rings (SSSR count). The van der Waals surface area contributed by atoms with Gasteiger partial charge in [-0.1, -0.05) is 66.2 Å². The van der Waals surface area contributed by atoms with E-state index >= 15 is 0 Å². The van der Waals surface area contributed by atoms with Gasteiger partial charge in [-0.05, 0) is 47.0 Å². The van der Waals surface area contributed by atoms with Crippen LogP contribution in [-0.4, -0.2) is 13.1 Å². The van der Waals surface area contributed by atoms with Crippen molar-refractivity contribution in [3.05, 3.63) is 101 Å². The van der Waals surface area contributed by atoms with Gasteiger partial charge in [0.05, 0.1) is 12.7 Å². The molecular weight excluding hydrogens is 360 g/mol. The van der Waals surface area contributed by atoms with E-state index in [0.717, 1.165) is 22.4 Å². The van der Waals surface area contributed by atoms with Gasteiger partial charge in [0.2, 0.25) is 0 Å². The summed E-state index contributed by atoms with van der Waals surface area (Å²) in [5.41, 5.74) is 2.96. The number of hydrogen-bond acceptors (Lipinski definition) is 3. The Morgan fingerprint density at radius 3 is 2.48 bits per heavy atom. The van der Waals surface area contributed by atoms with Gasteiger partial charge in [0.15, 0.2) is 0 Å². The van der Waals surface area contributed by atoms with Gasteiger partial charge in [0, 0.05) is 5.02 Å². The second-order valence-corrected chi connectivity index (χ2v) is 6.34. The van der Waals surface area contributed by atoms with Crippen LogP contribution in [0.15, 0.2) is 78.9 Å². The molecule has 0 aliphatic rings. The second-order valence-electron chi connectivity index (χ2n) is 5.91. The average molecular weight is 379 g/mol. The van der Waals surface area contributed by atoms with Crippen molar-refractivity contribution in [3.8, 4) is 5.75 Å². The van der Waals surface area contributed by atoms with Gasteiger partial charge in [0.25, 0.3) is 0 Å². The molecular formula is C23H19ClO3. The zero-order valence-corrected chi connectivity index (χ0v) is 15.6. The highest BCUT2D eigenvalue weighted by atomic mass is 35.5. The lowest BCUT2D eigenvalue weighted by Crippen LogP contribution is -2.07. The van der Waals surface area contributed by atoms with Crippen LogP contribution in [0.3, 0.4) is 0 Å². The fourth-order valence-electron chi connectivity index (χ4n) is 2.63. The van der Waals surface area contributed by atoms with E-state index in [1.807, 2.05) is 66.7 Å². The van der Waals surface area contributed by atoms with Gasteiger partial charge in [-0.3, -0.25) is 0 Å². The maximum atomic E-state index is 12.8. The molecule has 136 valence electrons. The van der Waals surface area contributed by atoms with E-state index in [-0.39, 0.29) is 6.61 Å². The van der Waals surface area contributed by atoms with Crippen molar-refractivity contribution in [2.45, 2.75) is 6.61 Å². The number of esters is 1. The monoisotopic (exact) mass is 378 g/mol. The largest absolute Gasteiger partial charge is 0.497 e. The number of carbonyl (C=O) groups excluding carboxylic acids is 1. The van der Waals surface area contributed by atoms with E-state index < -0.39 is 5.97 Å². The van der Waals surface area contributed by atoms with Crippen LogP contribution in [0.25, 0.3) is 11.6 Å². The van der Waals surface area contributed by atoms with Crippen LogP contribution in [-0.2, 0) is 16.1 Å². The molecule has 0 N–H and O–H groups in total. The first-order valence-electron chi connectivity index (χ1n) is 8.48. The number of carbonyl (C=O) groups is 1. The summed E-state index contributed by atoms with van der Waals surface area (Å²) < 4.78 is 10.8. The zero-order chi connectivity index (χ0) is 19.1. The molecule has 3 nitrogen and oxygen atoms in total. The van der Waals surface area contributed by atoms with E-state index in [4.69, 9.17) is 21.1 Å². The molecule has 4 heteroatoms. The maximum absolute atomic E-state index is 12.8. The highest BCUT2D eigenvalue weighted by Gasteiger charge is 2.14. The molecule has 0 fully saturated rings. The topological polar surface area (TPSA) is 35.5 Å². The van der Waals surface area contributed by atoms with Crippen molar-refractivity contribution in [1.29, 1.82) is 0 Å². The Morgan fingerprint density at radius 2 is 1.74 bits per heavy atom. The van der Waals surface area contributed by atoms with E-state index in [2.05, 4.69) is 0 Å². The van der Waals surface area contributed by atoms with Crippen LogP contribution in [0.1, 0.15) is 16.7 Å². The van der Waals surface area contributed by atoms with E-state index in [1.54, 1.807) is 25.3 Å². The summed E-state index contributed by atoms with van der Waals surface area (Å²) in [6, 6.07) is 24.2. The molecule has 0 spiro atoms. The predicted molar refractivity (Wildman–Crippen MR) is 109 cm³/mol. The van der Waals surface area contributed by atoms with Crippen molar-refractivity contribution in [2.75, 3.05) is 7.11 Å². The van der Waals surface area contributed by atoms with E-state index in [0.29, 0.717) is 10.6 Å². The first kappa shape index (κ1) is 18.7. The van der Waals surface area contributed by atoms with Crippen LogP contribution >= 0.6 is 11.6 Å². The normalized spacial score (nSPS) is 11.1. The first-order valence-corrected chi connectivity index (χ1v) is 8.86. The molecule has 0 heterocycles. The summed E-state index contributed by atoms with van der Waals surface area (Å²) in [5, 5.41) is 0.610. The van der Waals surface area contributed by atoms with Crippen molar-refractivity contribution < 1.29 is 14.3 Å². The molecule has 0 aliphatic carbocycles.